The average Bonchev–Trinajstić information content (AvgIpc) is 2.68. The van der Waals surface area contributed by atoms with E-state index in [2.05, 4.69) is 9.71 Å². The number of pyridine rings is 1. The molecular formula is C21H23N3O3S. The monoisotopic (exact) mass is 397 g/mol. The van der Waals surface area contributed by atoms with E-state index >= 15 is 0 Å². The number of amides is 1. The summed E-state index contributed by atoms with van der Waals surface area (Å²) in [6.45, 7) is 5.10. The highest BCUT2D eigenvalue weighted by Gasteiger charge is 2.17. The molecule has 6 nitrogen and oxygen atoms in total. The van der Waals surface area contributed by atoms with Gasteiger partial charge in [-0.25, -0.2) is 13.4 Å². The lowest BCUT2D eigenvalue weighted by Crippen LogP contribution is -2.32. The summed E-state index contributed by atoms with van der Waals surface area (Å²) in [4.78, 5) is 18.4. The summed E-state index contributed by atoms with van der Waals surface area (Å²) in [5, 5.41) is 1.81. The summed E-state index contributed by atoms with van der Waals surface area (Å²) in [6, 6.07) is 17.5. The lowest BCUT2D eigenvalue weighted by molar-refractivity contribution is -0.130. The van der Waals surface area contributed by atoms with Crippen molar-refractivity contribution in [2.75, 3.05) is 17.8 Å². The quantitative estimate of drug-likeness (QED) is 0.662. The molecule has 28 heavy (non-hydrogen) atoms. The van der Waals surface area contributed by atoms with Crippen molar-refractivity contribution in [1.29, 1.82) is 0 Å². The summed E-state index contributed by atoms with van der Waals surface area (Å²) in [6.07, 6.45) is 0.132. The maximum Gasteiger partial charge on any atom is 0.263 e. The molecule has 0 radical (unpaired) electrons. The zero-order valence-corrected chi connectivity index (χ0v) is 16.7. The minimum absolute atomic E-state index is 0.0352. The van der Waals surface area contributed by atoms with Crippen LogP contribution in [-0.2, 0) is 21.2 Å². The molecule has 0 saturated carbocycles. The number of fused-ring (bicyclic) bond motifs is 1. The molecule has 146 valence electrons. The number of nitrogens with one attached hydrogen (secondary N) is 1. The molecule has 1 N–H and O–H groups in total. The number of benzene rings is 2. The highest BCUT2D eigenvalue weighted by atomic mass is 32.2. The molecule has 1 aromatic heterocycles. The van der Waals surface area contributed by atoms with E-state index in [0.717, 1.165) is 10.8 Å². The van der Waals surface area contributed by atoms with Gasteiger partial charge in [-0.2, -0.15) is 0 Å². The normalized spacial score (nSPS) is 11.4. The number of rotatable bonds is 7. The van der Waals surface area contributed by atoms with Crippen molar-refractivity contribution in [3.63, 3.8) is 0 Å². The second kappa shape index (κ2) is 8.39. The molecule has 0 atom stereocenters. The maximum absolute atomic E-state index is 12.8. The number of sulfonamides is 1. The zero-order valence-electron chi connectivity index (χ0n) is 15.9. The summed E-state index contributed by atoms with van der Waals surface area (Å²) in [5.74, 6) is 0.157. The standard InChI is InChI=1S/C21H23N3O3S/c1-3-24(4-2)21(25)15-18-10-7-11-20(22-18)23-28(26,27)19-13-12-16-8-5-6-9-17(16)14-19/h5-14H,3-4,15H2,1-2H3,(H,22,23). The van der Waals surface area contributed by atoms with Gasteiger partial charge in [-0.3, -0.25) is 9.52 Å². The zero-order chi connectivity index (χ0) is 20.1. The van der Waals surface area contributed by atoms with Crippen LogP contribution >= 0.6 is 0 Å². The van der Waals surface area contributed by atoms with Gasteiger partial charge < -0.3 is 4.90 Å². The van der Waals surface area contributed by atoms with Gasteiger partial charge >= 0.3 is 0 Å². The smallest absolute Gasteiger partial charge is 0.263 e. The second-order valence-corrected chi connectivity index (χ2v) is 8.05. The summed E-state index contributed by atoms with van der Waals surface area (Å²) >= 11 is 0. The molecule has 7 heteroatoms. The number of hydrogen-bond acceptors (Lipinski definition) is 4. The third-order valence-electron chi connectivity index (χ3n) is 4.53. The van der Waals surface area contributed by atoms with Crippen LogP contribution in [0, 0.1) is 0 Å². The van der Waals surface area contributed by atoms with Gasteiger partial charge in [0.25, 0.3) is 10.0 Å². The van der Waals surface area contributed by atoms with E-state index in [0.29, 0.717) is 18.8 Å². The Morgan fingerprint density at radius 2 is 1.68 bits per heavy atom. The molecule has 0 aliphatic heterocycles. The summed E-state index contributed by atoms with van der Waals surface area (Å²) in [7, 11) is -3.78. The van der Waals surface area contributed by atoms with Crippen LogP contribution in [-0.4, -0.2) is 37.3 Å². The first-order chi connectivity index (χ1) is 13.4. The lowest BCUT2D eigenvalue weighted by atomic mass is 10.1. The molecule has 0 bridgehead atoms. The van der Waals surface area contributed by atoms with Crippen LogP contribution in [0.4, 0.5) is 5.82 Å². The van der Waals surface area contributed by atoms with Crippen LogP contribution in [0.15, 0.2) is 65.6 Å². The van der Waals surface area contributed by atoms with Gasteiger partial charge in [-0.1, -0.05) is 36.4 Å². The van der Waals surface area contributed by atoms with Gasteiger partial charge in [0.05, 0.1) is 17.0 Å². The van der Waals surface area contributed by atoms with Crippen LogP contribution in [0.2, 0.25) is 0 Å². The van der Waals surface area contributed by atoms with Gasteiger partial charge in [0.15, 0.2) is 0 Å². The van der Waals surface area contributed by atoms with Crippen LogP contribution in [0.5, 0.6) is 0 Å². The van der Waals surface area contributed by atoms with Gasteiger partial charge in [-0.05, 0) is 48.9 Å². The topological polar surface area (TPSA) is 79.4 Å². The molecule has 0 spiro atoms. The van der Waals surface area contributed by atoms with Crippen molar-refractivity contribution >= 4 is 32.5 Å². The Kier molecular flexibility index (Phi) is 5.94. The average molecular weight is 398 g/mol. The number of likely N-dealkylation sites (N-methyl/N-ethyl adjacent to an activating group) is 1. The second-order valence-electron chi connectivity index (χ2n) is 6.37. The predicted molar refractivity (Wildman–Crippen MR) is 111 cm³/mol. The Bertz CT molecular complexity index is 1090. The van der Waals surface area contributed by atoms with E-state index in [4.69, 9.17) is 0 Å². The van der Waals surface area contributed by atoms with Crippen molar-refractivity contribution in [1.82, 2.24) is 9.88 Å². The van der Waals surface area contributed by atoms with Crippen molar-refractivity contribution in [2.45, 2.75) is 25.2 Å². The van der Waals surface area contributed by atoms with E-state index in [1.54, 1.807) is 41.3 Å². The van der Waals surface area contributed by atoms with Crippen molar-refractivity contribution in [3.8, 4) is 0 Å². The number of aromatic nitrogens is 1. The summed E-state index contributed by atoms with van der Waals surface area (Å²) < 4.78 is 28.0. The number of carbonyl (C=O) groups excluding carboxylic acids is 1. The SMILES string of the molecule is CCN(CC)C(=O)Cc1cccc(NS(=O)(=O)c2ccc3ccccc3c2)n1. The Morgan fingerprint density at radius 1 is 0.964 bits per heavy atom. The number of nitrogens with zero attached hydrogens (tertiary/aromatic N) is 2. The Hall–Kier alpha value is -2.93. The first-order valence-electron chi connectivity index (χ1n) is 9.18. The molecule has 1 amide bonds. The van der Waals surface area contributed by atoms with Crippen LogP contribution < -0.4 is 4.72 Å². The molecule has 3 rings (SSSR count). The molecular weight excluding hydrogens is 374 g/mol. The van der Waals surface area contributed by atoms with Gasteiger partial charge in [0, 0.05) is 13.1 Å². The number of anilines is 1. The van der Waals surface area contributed by atoms with E-state index < -0.39 is 10.0 Å². The molecule has 3 aromatic rings. The first kappa shape index (κ1) is 19.8. The summed E-state index contributed by atoms with van der Waals surface area (Å²) in [5.41, 5.74) is 0.524. The minimum atomic E-state index is -3.78. The van der Waals surface area contributed by atoms with Crippen molar-refractivity contribution in [3.05, 3.63) is 66.4 Å². The molecule has 0 aliphatic carbocycles. The first-order valence-corrected chi connectivity index (χ1v) is 10.7. The van der Waals surface area contributed by atoms with Crippen molar-refractivity contribution in [2.24, 2.45) is 0 Å². The number of carbonyl (C=O) groups is 1. The van der Waals surface area contributed by atoms with E-state index in [1.165, 1.54) is 0 Å². The molecule has 0 aliphatic rings. The van der Waals surface area contributed by atoms with E-state index in [-0.39, 0.29) is 23.0 Å². The Labute approximate surface area is 165 Å². The lowest BCUT2D eigenvalue weighted by Gasteiger charge is -2.18. The fourth-order valence-electron chi connectivity index (χ4n) is 3.01. The largest absolute Gasteiger partial charge is 0.343 e. The van der Waals surface area contributed by atoms with Crippen molar-refractivity contribution < 1.29 is 13.2 Å². The maximum atomic E-state index is 12.8. The third-order valence-corrected chi connectivity index (χ3v) is 5.88. The highest BCUT2D eigenvalue weighted by molar-refractivity contribution is 7.92. The van der Waals surface area contributed by atoms with E-state index in [1.807, 2.05) is 38.1 Å². The van der Waals surface area contributed by atoms with Gasteiger partial charge in [0.1, 0.15) is 5.82 Å². The molecule has 0 fully saturated rings. The van der Waals surface area contributed by atoms with E-state index in [9.17, 15) is 13.2 Å². The Balaban J connectivity index is 1.81. The van der Waals surface area contributed by atoms with Gasteiger partial charge in [0.2, 0.25) is 5.91 Å². The van der Waals surface area contributed by atoms with Crippen LogP contribution in [0.1, 0.15) is 19.5 Å². The van der Waals surface area contributed by atoms with Crippen LogP contribution in [0.3, 0.4) is 0 Å². The highest BCUT2D eigenvalue weighted by Crippen LogP contribution is 2.21. The Morgan fingerprint density at radius 3 is 2.39 bits per heavy atom. The fraction of sp³-hybridized carbons (Fsp3) is 0.238. The minimum Gasteiger partial charge on any atom is -0.343 e. The molecule has 0 saturated heterocycles. The fourth-order valence-corrected chi connectivity index (χ4v) is 4.05. The molecule has 2 aromatic carbocycles. The molecule has 1 heterocycles. The molecule has 0 unspecified atom stereocenters. The van der Waals surface area contributed by atoms with Gasteiger partial charge in [-0.15, -0.1) is 0 Å². The predicted octanol–water partition coefficient (Wildman–Crippen LogP) is 3.45. The number of hydrogen-bond donors (Lipinski definition) is 1. The third kappa shape index (κ3) is 4.48. The van der Waals surface area contributed by atoms with Crippen LogP contribution in [0.25, 0.3) is 10.8 Å².